The first kappa shape index (κ1) is 113. The molecule has 6 fully saturated rings. The molecule has 3 aliphatic carbocycles. The van der Waals surface area contributed by atoms with Gasteiger partial charge >= 0.3 is 42.8 Å². The Morgan fingerprint density at radius 1 is 0.452 bits per heavy atom. The summed E-state index contributed by atoms with van der Waals surface area (Å²) in [7, 11) is 5.01. The van der Waals surface area contributed by atoms with Crippen molar-refractivity contribution in [1.29, 1.82) is 0 Å². The van der Waals surface area contributed by atoms with Gasteiger partial charge in [0.05, 0.1) is 23.3 Å². The van der Waals surface area contributed by atoms with Crippen LogP contribution in [0.3, 0.4) is 0 Å². The zero-order valence-electron chi connectivity index (χ0n) is 79.2. The number of urea groups is 2. The molecule has 33 heteroatoms. The molecule has 3 aliphatic heterocycles. The molecule has 3 saturated heterocycles. The van der Waals surface area contributed by atoms with Crippen LogP contribution in [-0.4, -0.2) is 216 Å². The highest BCUT2D eigenvalue weighted by Gasteiger charge is 2.46. The smallest absolute Gasteiger partial charge is 0.410 e. The van der Waals surface area contributed by atoms with Gasteiger partial charge in [0.1, 0.15) is 26.3 Å². The van der Waals surface area contributed by atoms with Gasteiger partial charge in [-0.2, -0.15) is 39.5 Å². The number of hydrogen-bond acceptors (Lipinski definition) is 15. The van der Waals surface area contributed by atoms with Crippen LogP contribution in [0.15, 0.2) is 133 Å². The number of rotatable bonds is 42. The Kier molecular flexibility index (Phi) is 49.5. The lowest BCUT2D eigenvalue weighted by Crippen LogP contribution is -2.55. The number of piperidine rings is 3. The molecule has 0 radical (unpaired) electrons. The minimum atomic E-state index is -4.65. The summed E-state index contributed by atoms with van der Waals surface area (Å²) < 4.78 is 144. The van der Waals surface area contributed by atoms with Gasteiger partial charge in [-0.15, -0.1) is 0 Å². The van der Waals surface area contributed by atoms with E-state index in [9.17, 15) is 74.0 Å². The molecule has 135 heavy (non-hydrogen) atoms. The third kappa shape index (κ3) is 41.4. The van der Waals surface area contributed by atoms with Gasteiger partial charge in [-0.1, -0.05) is 228 Å². The van der Waals surface area contributed by atoms with E-state index < -0.39 is 85.3 Å². The highest BCUT2D eigenvalue weighted by Crippen LogP contribution is 2.45. The van der Waals surface area contributed by atoms with Crippen LogP contribution in [0.2, 0.25) is 15.1 Å². The quantitative estimate of drug-likeness (QED) is 0.0133. The van der Waals surface area contributed by atoms with Crippen LogP contribution in [0.5, 0.6) is 0 Å². The van der Waals surface area contributed by atoms with Gasteiger partial charge in [0.15, 0.2) is 0 Å². The van der Waals surface area contributed by atoms with E-state index in [0.717, 1.165) is 184 Å². The molecule has 6 amide bonds. The van der Waals surface area contributed by atoms with Crippen LogP contribution in [0, 0.1) is 35.5 Å². The second-order valence-electron chi connectivity index (χ2n) is 37.9. The summed E-state index contributed by atoms with van der Waals surface area (Å²) in [6, 6.07) is 37.5. The average molecular weight is 1970 g/mol. The van der Waals surface area contributed by atoms with E-state index in [1.807, 2.05) is 48.5 Å². The van der Waals surface area contributed by atoms with Crippen molar-refractivity contribution in [3.05, 3.63) is 176 Å². The Bertz CT molecular complexity index is 4180. The first-order valence-corrected chi connectivity index (χ1v) is 50.0. The molecule has 0 aromatic heterocycles. The van der Waals surface area contributed by atoms with Gasteiger partial charge in [-0.25, -0.2) is 19.2 Å². The van der Waals surface area contributed by atoms with Gasteiger partial charge in [-0.3, -0.25) is 9.80 Å². The molecule has 6 aliphatic rings. The number of halogens is 12. The maximum Gasteiger partial charge on any atom is 0.410 e. The number of ether oxygens (including phenoxy) is 5. The average Bonchev–Trinajstić information content (AvgIpc) is 0.780. The summed E-state index contributed by atoms with van der Waals surface area (Å²) in [5, 5.41) is 49.4. The minimum Gasteiger partial charge on any atom is -0.445 e. The van der Waals surface area contributed by atoms with E-state index in [1.54, 1.807) is 116 Å². The molecule has 0 bridgehead atoms. The normalized spacial score (nSPS) is 19.8. The lowest BCUT2D eigenvalue weighted by atomic mass is 9.74. The summed E-state index contributed by atoms with van der Waals surface area (Å²) in [5.41, 5.74) is 6.61. The summed E-state index contributed by atoms with van der Waals surface area (Å²) in [5.74, 6) is 0.823. The number of benzene rings is 5. The fraction of sp³-hybridized carbons (Fsp3) is 0.667. The number of likely N-dealkylation sites (tertiary alicyclic amines) is 2. The van der Waals surface area contributed by atoms with E-state index in [1.165, 1.54) is 12.8 Å². The molecular weight excluding hydrogens is 1820 g/mol. The molecule has 5 aromatic carbocycles. The predicted molar refractivity (Wildman–Crippen MR) is 511 cm³/mol. The van der Waals surface area contributed by atoms with E-state index >= 15 is 0 Å². The number of carbonyl (C=O) groups excluding carboxylic acids is 4. The number of aliphatic hydroxyl groups is 3. The fourth-order valence-corrected chi connectivity index (χ4v) is 20.8. The number of nitrogens with two attached hydrogens (primary N) is 1. The van der Waals surface area contributed by atoms with E-state index in [0.29, 0.717) is 132 Å². The number of amides is 6. The van der Waals surface area contributed by atoms with E-state index in [2.05, 4.69) is 21.3 Å². The summed E-state index contributed by atoms with van der Waals surface area (Å²) in [4.78, 5) is 57.3. The molecule has 3 saturated carbocycles. The van der Waals surface area contributed by atoms with E-state index in [4.69, 9.17) is 64.2 Å². The molecule has 758 valence electrons. The van der Waals surface area contributed by atoms with Crippen molar-refractivity contribution in [3.63, 3.8) is 0 Å². The Balaban J connectivity index is 0.000000232. The second kappa shape index (κ2) is 59.0. The minimum absolute atomic E-state index is 0.0636. The van der Waals surface area contributed by atoms with Crippen LogP contribution in [0.1, 0.15) is 240 Å². The number of alkyl halides is 9. The van der Waals surface area contributed by atoms with Crippen LogP contribution < -0.4 is 27.0 Å². The summed E-state index contributed by atoms with van der Waals surface area (Å²) >= 11 is 18.7. The number of nitrogens with zero attached hydrogens (tertiary/aromatic N) is 4. The molecule has 0 spiro atoms. The van der Waals surface area contributed by atoms with Crippen molar-refractivity contribution in [2.75, 3.05) is 120 Å². The van der Waals surface area contributed by atoms with Crippen molar-refractivity contribution >= 4 is 59.1 Å². The van der Waals surface area contributed by atoms with Gasteiger partial charge < -0.3 is 75.8 Å². The zero-order chi connectivity index (χ0) is 97.7. The molecule has 9 N–H and O–H groups in total. The van der Waals surface area contributed by atoms with Crippen LogP contribution in [0.25, 0.3) is 0 Å². The maximum absolute atomic E-state index is 13.9. The Labute approximate surface area is 808 Å². The molecule has 11 rings (SSSR count). The lowest BCUT2D eigenvalue weighted by molar-refractivity contribution is -0.144. The van der Waals surface area contributed by atoms with Crippen LogP contribution in [0.4, 0.5) is 58.7 Å². The number of hydrogen-bond donors (Lipinski definition) is 8. The number of carbonyl (C=O) groups is 4. The van der Waals surface area contributed by atoms with Crippen LogP contribution in [-0.2, 0) is 53.7 Å². The van der Waals surface area contributed by atoms with Gasteiger partial charge in [0, 0.05) is 144 Å². The molecule has 0 unspecified atom stereocenters. The SMILES string of the molecule is COCCCC[C@@](O)(c1cccc(Cl)c1)[C@@H]1CCCN(C(=O)N[C@@H](CC2CCCCC2)CN(CC(F)(F)F)C(=O)OCc2ccccc2)C1.COCCCC[C@@](O)(c1cccc(Cl)c1)[C@@H]1CCCN(C(=O)N[C@H](CNCC(F)(F)F)CC2CCCCC2)C1.COCCCC[C@@](O)(c1cccc(Cl)c1)[C@@H]1CCCNC1.N[C@@H](CC1CCCCC1)CN(CC(F)(F)F)C(=O)OCc1ccccc1. The van der Waals surface area contributed by atoms with Crippen molar-refractivity contribution < 1.29 is 97.7 Å². The Hall–Kier alpha value is -6.94. The van der Waals surface area contributed by atoms with Crippen molar-refractivity contribution in [3.8, 4) is 0 Å². The maximum atomic E-state index is 13.9. The predicted octanol–water partition coefficient (Wildman–Crippen LogP) is 22.4. The summed E-state index contributed by atoms with van der Waals surface area (Å²) in [6.45, 7) is 0.906. The van der Waals surface area contributed by atoms with Crippen LogP contribution >= 0.6 is 34.8 Å². The molecule has 21 nitrogen and oxygen atoms in total. The highest BCUT2D eigenvalue weighted by atomic mass is 35.5. The monoisotopic (exact) mass is 1970 g/mol. The molecular formula is C102H149Cl3F9N9O12. The Morgan fingerprint density at radius 2 is 0.822 bits per heavy atom. The lowest BCUT2D eigenvalue weighted by Gasteiger charge is -2.43. The molecule has 3 heterocycles. The number of methoxy groups -OCH3 is 3. The highest BCUT2D eigenvalue weighted by molar-refractivity contribution is 6.31. The first-order chi connectivity index (χ1) is 64.6. The van der Waals surface area contributed by atoms with Gasteiger partial charge in [-0.05, 0) is 204 Å². The third-order valence-corrected chi connectivity index (χ3v) is 27.9. The Morgan fingerprint density at radius 3 is 1.19 bits per heavy atom. The zero-order valence-corrected chi connectivity index (χ0v) is 81.4. The standard InChI is InChI=1S/C37H51ClF3N3O5.C29H45ClF3N3O3.C19H27F3N2O2.C17H26ClNO2/c1-48-21-9-8-19-36(47,30-16-10-18-32(38)23-30)31-17-11-20-43(24-31)34(45)42-33(22-28-12-4-2-5-13-28)25-44(27-37(39,40)41)35(46)49-26-29-14-6-3-7-15-29;1-39-16-6-5-14-28(38,23-11-7-13-25(30)18-23)24-12-8-15-36(20-24)27(37)35-26(19-34-21-29(31,32)33)17-22-9-3-2-4-10-22;20-19(21,22)14-24(12-17(23)11-15-7-3-1-4-8-15)18(25)26-13-16-9-5-2-6-10-16;1-21-11-3-2-9-17(20,15-7-5-10-19-13-15)14-6-4-8-16(18)12-14/h3,6-7,10,14-16,18,23,28,31,33,47H,2,4-5,8-9,11-13,17,19-22,24-27H2,1H3,(H,42,45);7,11,13,18,22,24,26,34,38H,2-6,8-10,12,14-17,19-21H2,1H3,(H,35,37);2,5-6,9-10,15,17H,1,3-4,7-8,11-14,23H2;4,6,8,12,15,19-20H,2-3,5,7,9-11,13H2,1H3/t31-,33+,36-;24-,26+,28-;17-;15-,17-/m1101/s1. The van der Waals surface area contributed by atoms with Gasteiger partial charge in [0.2, 0.25) is 0 Å². The fourth-order valence-electron chi connectivity index (χ4n) is 20.2. The summed E-state index contributed by atoms with van der Waals surface area (Å²) in [6.07, 6.45) is 14.1. The molecule has 5 aromatic rings. The number of nitrogens with one attached hydrogen (secondary N) is 4. The topological polar surface area (TPSA) is 262 Å². The van der Waals surface area contributed by atoms with Crippen molar-refractivity contribution in [1.82, 2.24) is 40.9 Å². The van der Waals surface area contributed by atoms with E-state index in [-0.39, 0.29) is 75.1 Å². The van der Waals surface area contributed by atoms with Crippen molar-refractivity contribution in [2.24, 2.45) is 41.2 Å². The second-order valence-corrected chi connectivity index (χ2v) is 39.2. The van der Waals surface area contributed by atoms with Gasteiger partial charge in [0.25, 0.3) is 0 Å². The molecule has 9 atom stereocenters. The van der Waals surface area contributed by atoms with Crippen molar-refractivity contribution in [2.45, 2.75) is 279 Å². The number of unbranched alkanes of at least 4 members (excludes halogenated alkanes) is 3. The largest absolute Gasteiger partial charge is 0.445 e. The first-order valence-electron chi connectivity index (χ1n) is 48.9. The third-order valence-electron chi connectivity index (χ3n) is 27.2.